The second-order valence-electron chi connectivity index (χ2n) is 6.29. The predicted molar refractivity (Wildman–Crippen MR) is 85.7 cm³/mol. The van der Waals surface area contributed by atoms with Crippen LogP contribution in [0.4, 0.5) is 0 Å². The minimum atomic E-state index is -0.0703. The van der Waals surface area contributed by atoms with Crippen LogP contribution in [0, 0.1) is 0 Å². The summed E-state index contributed by atoms with van der Waals surface area (Å²) in [6.45, 7) is 3.48. The van der Waals surface area contributed by atoms with E-state index < -0.39 is 0 Å². The molecular formula is C16H28N4O2. The summed E-state index contributed by atoms with van der Waals surface area (Å²) in [6.07, 6.45) is 7.30. The molecule has 0 spiro atoms. The van der Waals surface area contributed by atoms with Gasteiger partial charge in [-0.2, -0.15) is 0 Å². The van der Waals surface area contributed by atoms with Crippen LogP contribution in [0.1, 0.15) is 37.4 Å². The molecule has 1 aromatic heterocycles. The molecule has 2 rings (SSSR count). The molecule has 2 heterocycles. The maximum atomic E-state index is 12.0. The summed E-state index contributed by atoms with van der Waals surface area (Å²) >= 11 is 0. The summed E-state index contributed by atoms with van der Waals surface area (Å²) in [5.74, 6) is 1.46. The number of aromatic nitrogens is 2. The number of nitrogens with zero attached hydrogens (tertiary/aromatic N) is 4. The van der Waals surface area contributed by atoms with Crippen LogP contribution in [-0.2, 0) is 11.3 Å². The molecule has 0 saturated carbocycles. The highest BCUT2D eigenvalue weighted by atomic mass is 16.3. The number of aliphatic hydroxyl groups is 1. The number of rotatable bonds is 7. The van der Waals surface area contributed by atoms with E-state index in [1.807, 2.05) is 17.3 Å². The Kier molecular flexibility index (Phi) is 6.39. The quantitative estimate of drug-likeness (QED) is 0.814. The Morgan fingerprint density at radius 3 is 3.05 bits per heavy atom. The van der Waals surface area contributed by atoms with Crippen molar-refractivity contribution >= 4 is 5.91 Å². The van der Waals surface area contributed by atoms with E-state index in [0.717, 1.165) is 51.3 Å². The highest BCUT2D eigenvalue weighted by Crippen LogP contribution is 2.26. The van der Waals surface area contributed by atoms with Crippen LogP contribution in [0.25, 0.3) is 0 Å². The SMILES string of the molecule is CN(C)CCCn1ccnc1C1CCCN(C(=O)CCO)C1. The Morgan fingerprint density at radius 2 is 2.32 bits per heavy atom. The van der Waals surface area contributed by atoms with Crippen molar-refractivity contribution in [3.8, 4) is 0 Å². The molecule has 22 heavy (non-hydrogen) atoms. The van der Waals surface area contributed by atoms with Gasteiger partial charge < -0.3 is 19.5 Å². The lowest BCUT2D eigenvalue weighted by Gasteiger charge is -2.32. The van der Waals surface area contributed by atoms with Gasteiger partial charge in [-0.3, -0.25) is 4.79 Å². The van der Waals surface area contributed by atoms with Gasteiger partial charge >= 0.3 is 0 Å². The number of amides is 1. The molecule has 6 heteroatoms. The molecule has 1 aliphatic rings. The van der Waals surface area contributed by atoms with Crippen LogP contribution in [0.15, 0.2) is 12.4 Å². The van der Waals surface area contributed by atoms with E-state index in [9.17, 15) is 4.79 Å². The highest BCUT2D eigenvalue weighted by Gasteiger charge is 2.26. The summed E-state index contributed by atoms with van der Waals surface area (Å²) in [5, 5.41) is 8.94. The molecule has 0 aliphatic carbocycles. The van der Waals surface area contributed by atoms with E-state index in [1.165, 1.54) is 0 Å². The Morgan fingerprint density at radius 1 is 1.50 bits per heavy atom. The largest absolute Gasteiger partial charge is 0.396 e. The molecule has 1 unspecified atom stereocenters. The zero-order valence-corrected chi connectivity index (χ0v) is 13.7. The Balaban J connectivity index is 1.96. The number of carbonyl (C=O) groups is 1. The van der Waals surface area contributed by atoms with E-state index in [4.69, 9.17) is 5.11 Å². The summed E-state index contributed by atoms with van der Waals surface area (Å²) in [6, 6.07) is 0. The third-order valence-corrected chi connectivity index (χ3v) is 4.22. The number of piperidine rings is 1. The minimum Gasteiger partial charge on any atom is -0.396 e. The van der Waals surface area contributed by atoms with Gasteiger partial charge in [-0.25, -0.2) is 4.98 Å². The van der Waals surface area contributed by atoms with E-state index in [0.29, 0.717) is 5.92 Å². The average molecular weight is 308 g/mol. The fourth-order valence-electron chi connectivity index (χ4n) is 3.10. The molecule has 1 atom stereocenters. The van der Waals surface area contributed by atoms with Gasteiger partial charge in [-0.15, -0.1) is 0 Å². The molecule has 0 aromatic carbocycles. The maximum absolute atomic E-state index is 12.0. The number of carbonyl (C=O) groups excluding carboxylic acids is 1. The summed E-state index contributed by atoms with van der Waals surface area (Å²) < 4.78 is 2.23. The Bertz CT molecular complexity index is 472. The number of aryl methyl sites for hydroxylation is 1. The second kappa shape index (κ2) is 8.29. The molecule has 1 N–H and O–H groups in total. The second-order valence-corrected chi connectivity index (χ2v) is 6.29. The van der Waals surface area contributed by atoms with Crippen molar-refractivity contribution in [3.05, 3.63) is 18.2 Å². The first-order valence-electron chi connectivity index (χ1n) is 8.16. The topological polar surface area (TPSA) is 61.6 Å². The van der Waals surface area contributed by atoms with Gasteiger partial charge in [-0.05, 0) is 39.9 Å². The first kappa shape index (κ1) is 17.0. The van der Waals surface area contributed by atoms with E-state index in [1.54, 1.807) is 0 Å². The molecule has 0 radical (unpaired) electrons. The molecule has 6 nitrogen and oxygen atoms in total. The van der Waals surface area contributed by atoms with Crippen LogP contribution < -0.4 is 0 Å². The lowest BCUT2D eigenvalue weighted by atomic mass is 9.96. The van der Waals surface area contributed by atoms with E-state index in [2.05, 4.69) is 28.5 Å². The lowest BCUT2D eigenvalue weighted by molar-refractivity contribution is -0.133. The third-order valence-electron chi connectivity index (χ3n) is 4.22. The monoisotopic (exact) mass is 308 g/mol. The molecule has 1 fully saturated rings. The number of hydrogen-bond acceptors (Lipinski definition) is 4. The zero-order valence-electron chi connectivity index (χ0n) is 13.7. The third kappa shape index (κ3) is 4.55. The van der Waals surface area contributed by atoms with Crippen molar-refractivity contribution in [2.45, 2.75) is 38.1 Å². The summed E-state index contributed by atoms with van der Waals surface area (Å²) in [7, 11) is 4.17. The van der Waals surface area contributed by atoms with Crippen molar-refractivity contribution < 1.29 is 9.90 Å². The molecule has 1 aliphatic heterocycles. The number of hydrogen-bond donors (Lipinski definition) is 1. The van der Waals surface area contributed by atoms with Crippen molar-refractivity contribution in [2.75, 3.05) is 40.3 Å². The van der Waals surface area contributed by atoms with Gasteiger partial charge in [0.05, 0.1) is 6.61 Å². The first-order valence-corrected chi connectivity index (χ1v) is 8.16. The van der Waals surface area contributed by atoms with Gasteiger partial charge in [0.1, 0.15) is 5.82 Å². The van der Waals surface area contributed by atoms with E-state index >= 15 is 0 Å². The number of imidazole rings is 1. The fourth-order valence-corrected chi connectivity index (χ4v) is 3.10. The number of aliphatic hydroxyl groups excluding tert-OH is 1. The lowest BCUT2D eigenvalue weighted by Crippen LogP contribution is -2.40. The Labute approximate surface area is 132 Å². The zero-order chi connectivity index (χ0) is 15.9. The van der Waals surface area contributed by atoms with Crippen molar-refractivity contribution in [1.82, 2.24) is 19.4 Å². The van der Waals surface area contributed by atoms with Crippen LogP contribution in [-0.4, -0.2) is 70.7 Å². The maximum Gasteiger partial charge on any atom is 0.224 e. The van der Waals surface area contributed by atoms with Gasteiger partial charge in [0.25, 0.3) is 0 Å². The van der Waals surface area contributed by atoms with Gasteiger partial charge in [0.2, 0.25) is 5.91 Å². The summed E-state index contributed by atoms with van der Waals surface area (Å²) in [4.78, 5) is 20.6. The van der Waals surface area contributed by atoms with Crippen LogP contribution in [0.2, 0.25) is 0 Å². The molecule has 124 valence electrons. The highest BCUT2D eigenvalue weighted by molar-refractivity contribution is 5.76. The molecular weight excluding hydrogens is 280 g/mol. The first-order chi connectivity index (χ1) is 10.6. The van der Waals surface area contributed by atoms with Crippen molar-refractivity contribution in [1.29, 1.82) is 0 Å². The standard InChI is InChI=1S/C16H28N4O2/c1-18(2)8-4-10-19-11-7-17-16(19)14-5-3-9-20(13-14)15(22)6-12-21/h7,11,14,21H,3-6,8-10,12-13H2,1-2H3. The molecule has 1 amide bonds. The fraction of sp³-hybridized carbons (Fsp3) is 0.750. The van der Waals surface area contributed by atoms with Gasteiger partial charge in [0.15, 0.2) is 0 Å². The smallest absolute Gasteiger partial charge is 0.224 e. The molecule has 1 saturated heterocycles. The molecule has 0 bridgehead atoms. The van der Waals surface area contributed by atoms with Gasteiger partial charge in [-0.1, -0.05) is 0 Å². The van der Waals surface area contributed by atoms with Crippen LogP contribution in [0.5, 0.6) is 0 Å². The minimum absolute atomic E-state index is 0.0536. The van der Waals surface area contributed by atoms with Crippen molar-refractivity contribution in [3.63, 3.8) is 0 Å². The molecule has 1 aromatic rings. The average Bonchev–Trinajstić information content (AvgIpc) is 2.96. The number of likely N-dealkylation sites (tertiary alicyclic amines) is 1. The summed E-state index contributed by atoms with van der Waals surface area (Å²) in [5.41, 5.74) is 0. The van der Waals surface area contributed by atoms with Crippen LogP contribution >= 0.6 is 0 Å². The predicted octanol–water partition coefficient (Wildman–Crippen LogP) is 0.923. The normalized spacial score (nSPS) is 18.9. The van der Waals surface area contributed by atoms with Crippen molar-refractivity contribution in [2.24, 2.45) is 0 Å². The van der Waals surface area contributed by atoms with E-state index in [-0.39, 0.29) is 18.9 Å². The van der Waals surface area contributed by atoms with Crippen LogP contribution in [0.3, 0.4) is 0 Å². The Hall–Kier alpha value is -1.40. The van der Waals surface area contributed by atoms with Gasteiger partial charge in [0, 0.05) is 44.4 Å².